The number of benzene rings is 1. The van der Waals surface area contributed by atoms with Crippen molar-refractivity contribution in [2.24, 2.45) is 0 Å². The van der Waals surface area contributed by atoms with E-state index in [0.29, 0.717) is 18.4 Å². The fourth-order valence-electron chi connectivity index (χ4n) is 1.17. The third-order valence-electron chi connectivity index (χ3n) is 1.92. The number of aryl methyl sites for hydroxylation is 1. The van der Waals surface area contributed by atoms with Gasteiger partial charge >= 0.3 is 0 Å². The molecule has 3 heteroatoms. The van der Waals surface area contributed by atoms with Crippen LogP contribution in [0.1, 0.15) is 29.3 Å². The molecule has 0 bridgehead atoms. The lowest BCUT2D eigenvalue weighted by molar-refractivity contribution is -0.116. The summed E-state index contributed by atoms with van der Waals surface area (Å²) < 4.78 is 0. The highest BCUT2D eigenvalue weighted by Crippen LogP contribution is 2.09. The Kier molecular flexibility index (Phi) is 3.84. The van der Waals surface area contributed by atoms with Crippen molar-refractivity contribution in [3.8, 4) is 0 Å². The van der Waals surface area contributed by atoms with Gasteiger partial charge in [-0.3, -0.25) is 4.79 Å². The monoisotopic (exact) mass is 210 g/mol. The number of hydrogen-bond donors (Lipinski definition) is 0. The van der Waals surface area contributed by atoms with Crippen molar-refractivity contribution in [1.29, 1.82) is 0 Å². The molecule has 0 aliphatic rings. The fraction of sp³-hybridized carbons (Fsp3) is 0.273. The Morgan fingerprint density at radius 1 is 1.36 bits per heavy atom. The molecule has 0 amide bonds. The van der Waals surface area contributed by atoms with Crippen LogP contribution in [-0.2, 0) is 11.2 Å². The quantitative estimate of drug-likeness (QED) is 0.716. The van der Waals surface area contributed by atoms with Crippen molar-refractivity contribution < 1.29 is 9.59 Å². The highest BCUT2D eigenvalue weighted by molar-refractivity contribution is 6.67. The van der Waals surface area contributed by atoms with Crippen LogP contribution in [0.15, 0.2) is 24.3 Å². The second-order valence-corrected chi connectivity index (χ2v) is 3.52. The maximum Gasteiger partial charge on any atom is 0.252 e. The molecule has 74 valence electrons. The minimum atomic E-state index is -0.463. The lowest BCUT2D eigenvalue weighted by atomic mass is 10.1. The summed E-state index contributed by atoms with van der Waals surface area (Å²) in [6.07, 6.45) is 1.16. The van der Waals surface area contributed by atoms with Crippen LogP contribution >= 0.6 is 11.6 Å². The summed E-state index contributed by atoms with van der Waals surface area (Å²) >= 11 is 5.33. The molecule has 0 N–H and O–H groups in total. The van der Waals surface area contributed by atoms with Gasteiger partial charge in [0.05, 0.1) is 0 Å². The van der Waals surface area contributed by atoms with Crippen LogP contribution in [0.3, 0.4) is 0 Å². The van der Waals surface area contributed by atoms with Gasteiger partial charge in [-0.05, 0) is 36.6 Å². The van der Waals surface area contributed by atoms with Gasteiger partial charge in [-0.1, -0.05) is 18.2 Å². The zero-order chi connectivity index (χ0) is 10.6. The first-order chi connectivity index (χ1) is 6.59. The van der Waals surface area contributed by atoms with E-state index in [0.717, 1.165) is 5.56 Å². The molecule has 0 fully saturated rings. The summed E-state index contributed by atoms with van der Waals surface area (Å²) in [5.41, 5.74) is 1.44. The third-order valence-corrected chi connectivity index (χ3v) is 2.14. The van der Waals surface area contributed by atoms with Crippen LogP contribution in [-0.4, -0.2) is 11.0 Å². The minimum absolute atomic E-state index is 0.146. The first-order valence-electron chi connectivity index (χ1n) is 4.38. The summed E-state index contributed by atoms with van der Waals surface area (Å²) in [5.74, 6) is 0.146. The van der Waals surface area contributed by atoms with E-state index < -0.39 is 5.24 Å². The second-order valence-electron chi connectivity index (χ2n) is 3.18. The maximum atomic E-state index is 10.8. The zero-order valence-corrected chi connectivity index (χ0v) is 8.67. The first-order valence-corrected chi connectivity index (χ1v) is 4.75. The molecule has 0 saturated heterocycles. The lowest BCUT2D eigenvalue weighted by Gasteiger charge is -2.00. The smallest absolute Gasteiger partial charge is 0.252 e. The molecule has 1 rings (SSSR count). The number of ketones is 1. The third kappa shape index (κ3) is 3.30. The Morgan fingerprint density at radius 3 is 2.64 bits per heavy atom. The molecule has 2 nitrogen and oxygen atoms in total. The highest BCUT2D eigenvalue weighted by atomic mass is 35.5. The van der Waals surface area contributed by atoms with Gasteiger partial charge in [0, 0.05) is 12.0 Å². The van der Waals surface area contributed by atoms with Crippen LogP contribution in [0, 0.1) is 0 Å². The van der Waals surface area contributed by atoms with Crippen molar-refractivity contribution in [3.63, 3.8) is 0 Å². The van der Waals surface area contributed by atoms with E-state index in [4.69, 9.17) is 11.6 Å². The molecule has 0 heterocycles. The summed E-state index contributed by atoms with van der Waals surface area (Å²) in [5, 5.41) is -0.463. The minimum Gasteiger partial charge on any atom is -0.300 e. The fourth-order valence-corrected chi connectivity index (χ4v) is 1.29. The van der Waals surface area contributed by atoms with E-state index in [1.165, 1.54) is 0 Å². The van der Waals surface area contributed by atoms with Gasteiger partial charge in [-0.25, -0.2) is 0 Å². The van der Waals surface area contributed by atoms with Gasteiger partial charge in [-0.2, -0.15) is 0 Å². The average Bonchev–Trinajstić information content (AvgIpc) is 2.15. The number of Topliss-reactive ketones (excluding diaryl/α,β-unsaturated/α-hetero) is 1. The molecule has 0 aliphatic heterocycles. The van der Waals surface area contributed by atoms with Gasteiger partial charge in [0.2, 0.25) is 0 Å². The van der Waals surface area contributed by atoms with Gasteiger partial charge < -0.3 is 4.79 Å². The number of rotatable bonds is 4. The van der Waals surface area contributed by atoms with E-state index in [1.807, 2.05) is 6.07 Å². The summed E-state index contributed by atoms with van der Waals surface area (Å²) in [7, 11) is 0. The van der Waals surface area contributed by atoms with Crippen LogP contribution in [0.25, 0.3) is 0 Å². The van der Waals surface area contributed by atoms with Crippen LogP contribution < -0.4 is 0 Å². The first kappa shape index (κ1) is 10.9. The Bertz CT molecular complexity index is 358. The molecule has 0 atom stereocenters. The SMILES string of the molecule is CC(=O)CCc1cccc(C(=O)Cl)c1. The molecular weight excluding hydrogens is 200 g/mol. The molecule has 0 aliphatic carbocycles. The van der Waals surface area contributed by atoms with Crippen molar-refractivity contribution in [1.82, 2.24) is 0 Å². The number of halogens is 1. The van der Waals surface area contributed by atoms with E-state index in [-0.39, 0.29) is 5.78 Å². The Hall–Kier alpha value is -1.15. The van der Waals surface area contributed by atoms with Crippen LogP contribution in [0.5, 0.6) is 0 Å². The summed E-state index contributed by atoms with van der Waals surface area (Å²) in [6.45, 7) is 1.55. The number of hydrogen-bond acceptors (Lipinski definition) is 2. The van der Waals surface area contributed by atoms with Crippen molar-refractivity contribution in [2.45, 2.75) is 19.8 Å². The zero-order valence-electron chi connectivity index (χ0n) is 7.92. The molecular formula is C11H11ClO2. The normalized spacial score (nSPS) is 9.86. The number of carbonyl (C=O) groups is 2. The molecule has 0 aromatic heterocycles. The standard InChI is InChI=1S/C11H11ClO2/c1-8(13)5-6-9-3-2-4-10(7-9)11(12)14/h2-4,7H,5-6H2,1H3. The average molecular weight is 211 g/mol. The highest BCUT2D eigenvalue weighted by Gasteiger charge is 2.02. The van der Waals surface area contributed by atoms with Crippen molar-refractivity contribution >= 4 is 22.6 Å². The molecule has 14 heavy (non-hydrogen) atoms. The Labute approximate surface area is 87.9 Å². The van der Waals surface area contributed by atoms with Crippen LogP contribution in [0.4, 0.5) is 0 Å². The van der Waals surface area contributed by atoms with E-state index >= 15 is 0 Å². The van der Waals surface area contributed by atoms with Gasteiger partial charge in [0.25, 0.3) is 5.24 Å². The van der Waals surface area contributed by atoms with Crippen molar-refractivity contribution in [3.05, 3.63) is 35.4 Å². The van der Waals surface area contributed by atoms with Gasteiger partial charge in [-0.15, -0.1) is 0 Å². The second kappa shape index (κ2) is 4.91. The van der Waals surface area contributed by atoms with E-state index in [1.54, 1.807) is 25.1 Å². The Balaban J connectivity index is 2.73. The van der Waals surface area contributed by atoms with Crippen LogP contribution in [0.2, 0.25) is 0 Å². The molecule has 0 saturated carbocycles. The predicted molar refractivity (Wildman–Crippen MR) is 55.6 cm³/mol. The topological polar surface area (TPSA) is 34.1 Å². The van der Waals surface area contributed by atoms with Gasteiger partial charge in [0.15, 0.2) is 0 Å². The molecule has 1 aromatic rings. The van der Waals surface area contributed by atoms with E-state index in [9.17, 15) is 9.59 Å². The molecule has 1 aromatic carbocycles. The van der Waals surface area contributed by atoms with E-state index in [2.05, 4.69) is 0 Å². The number of carbonyl (C=O) groups excluding carboxylic acids is 2. The Morgan fingerprint density at radius 2 is 2.07 bits per heavy atom. The predicted octanol–water partition coefficient (Wildman–Crippen LogP) is 2.59. The summed E-state index contributed by atoms with van der Waals surface area (Å²) in [6, 6.07) is 7.03. The lowest BCUT2D eigenvalue weighted by Crippen LogP contribution is -1.96. The largest absolute Gasteiger partial charge is 0.300 e. The van der Waals surface area contributed by atoms with Crippen molar-refractivity contribution in [2.75, 3.05) is 0 Å². The summed E-state index contributed by atoms with van der Waals surface area (Å²) in [4.78, 5) is 21.6. The molecule has 0 unspecified atom stereocenters. The van der Waals surface area contributed by atoms with Gasteiger partial charge in [0.1, 0.15) is 5.78 Å². The molecule has 0 spiro atoms. The molecule has 0 radical (unpaired) electrons. The maximum absolute atomic E-state index is 10.8.